The lowest BCUT2D eigenvalue weighted by atomic mass is 10.1. The second-order valence-electron chi connectivity index (χ2n) is 6.20. The molecule has 3 rings (SSSR count). The van der Waals surface area contributed by atoms with Crippen molar-refractivity contribution in [1.82, 2.24) is 10.0 Å². The molecule has 25 heavy (non-hydrogen) atoms. The number of carbonyl (C=O) groups excluding carboxylic acids is 2. The van der Waals surface area contributed by atoms with Gasteiger partial charge in [0.1, 0.15) is 19.2 Å². The number of hydrogen-bond donors (Lipinski definition) is 1. The number of carbonyl (C=O) groups is 2. The van der Waals surface area contributed by atoms with Crippen molar-refractivity contribution in [1.29, 1.82) is 0 Å². The first kappa shape index (κ1) is 17.4. The van der Waals surface area contributed by atoms with Gasteiger partial charge in [-0.1, -0.05) is 18.2 Å². The summed E-state index contributed by atoms with van der Waals surface area (Å²) in [5.74, 6) is -0.859. The van der Waals surface area contributed by atoms with Crippen LogP contribution < -0.4 is 5.73 Å². The van der Waals surface area contributed by atoms with Crippen LogP contribution in [0.25, 0.3) is 0 Å². The lowest BCUT2D eigenvalue weighted by Gasteiger charge is -2.31. The van der Waals surface area contributed by atoms with Gasteiger partial charge in [0.05, 0.1) is 11.7 Å². The third-order valence-corrected chi connectivity index (χ3v) is 4.44. The summed E-state index contributed by atoms with van der Waals surface area (Å²) in [6.07, 6.45) is 1.91. The van der Waals surface area contributed by atoms with E-state index in [2.05, 4.69) is 4.99 Å². The maximum Gasteiger partial charge on any atom is 0.338 e. The van der Waals surface area contributed by atoms with Crippen LogP contribution in [0.1, 0.15) is 28.8 Å². The van der Waals surface area contributed by atoms with E-state index in [1.165, 1.54) is 0 Å². The van der Waals surface area contributed by atoms with Gasteiger partial charge in [0.15, 0.2) is 6.17 Å². The summed E-state index contributed by atoms with van der Waals surface area (Å²) in [7, 11) is 1.73. The highest BCUT2D eigenvalue weighted by molar-refractivity contribution is 5.90. The number of ether oxygens (including phenoxy) is 2. The fourth-order valence-electron chi connectivity index (χ4n) is 3.02. The molecule has 2 aliphatic heterocycles. The van der Waals surface area contributed by atoms with E-state index in [1.807, 2.05) is 25.1 Å². The molecule has 0 aromatic heterocycles. The highest BCUT2D eigenvalue weighted by Crippen LogP contribution is 2.26. The largest absolute Gasteiger partial charge is 0.459 e. The van der Waals surface area contributed by atoms with Crippen LogP contribution >= 0.6 is 0 Å². The summed E-state index contributed by atoms with van der Waals surface area (Å²) in [5.41, 5.74) is 6.75. The van der Waals surface area contributed by atoms with Crippen LogP contribution in [0.4, 0.5) is 0 Å². The number of hydrazine groups is 1. The van der Waals surface area contributed by atoms with Crippen LogP contribution in [0.2, 0.25) is 0 Å². The molecule has 0 spiro atoms. The van der Waals surface area contributed by atoms with Crippen LogP contribution in [0.15, 0.2) is 29.3 Å². The SMILES string of the molecule is Cc1ccccc1C(=O)OC[C@@H]1CC[C@H](N2C=N[C@H](C(N)=O)N2C)O1. The number of hydrogen-bond acceptors (Lipinski definition) is 7. The molecule has 0 aliphatic carbocycles. The number of amides is 1. The Labute approximate surface area is 146 Å². The second-order valence-corrected chi connectivity index (χ2v) is 6.20. The Morgan fingerprint density at radius 2 is 2.12 bits per heavy atom. The van der Waals surface area contributed by atoms with Crippen molar-refractivity contribution >= 4 is 18.2 Å². The van der Waals surface area contributed by atoms with Crippen LogP contribution in [-0.2, 0) is 14.3 Å². The van der Waals surface area contributed by atoms with Gasteiger partial charge in [-0.15, -0.1) is 0 Å². The molecule has 0 radical (unpaired) electrons. The van der Waals surface area contributed by atoms with Gasteiger partial charge in [-0.2, -0.15) is 5.01 Å². The first-order valence-electron chi connectivity index (χ1n) is 8.19. The Morgan fingerprint density at radius 1 is 1.36 bits per heavy atom. The Kier molecular flexibility index (Phi) is 5.00. The molecule has 2 N–H and O–H groups in total. The molecule has 1 fully saturated rings. The Balaban J connectivity index is 1.51. The van der Waals surface area contributed by atoms with E-state index < -0.39 is 12.1 Å². The molecule has 1 aromatic carbocycles. The van der Waals surface area contributed by atoms with Crippen LogP contribution in [-0.4, -0.2) is 60.4 Å². The average Bonchev–Trinajstić information content (AvgIpc) is 3.19. The van der Waals surface area contributed by atoms with E-state index in [0.717, 1.165) is 18.4 Å². The predicted octanol–water partition coefficient (Wildman–Crippen LogP) is 0.659. The van der Waals surface area contributed by atoms with Gasteiger partial charge in [-0.25, -0.2) is 9.79 Å². The van der Waals surface area contributed by atoms with Gasteiger partial charge in [-0.3, -0.25) is 9.80 Å². The predicted molar refractivity (Wildman–Crippen MR) is 90.4 cm³/mol. The normalized spacial score (nSPS) is 26.2. The first-order valence-corrected chi connectivity index (χ1v) is 8.19. The van der Waals surface area contributed by atoms with Crippen LogP contribution in [0.3, 0.4) is 0 Å². The van der Waals surface area contributed by atoms with E-state index >= 15 is 0 Å². The number of rotatable bonds is 5. The molecule has 0 unspecified atom stereocenters. The zero-order valence-electron chi connectivity index (χ0n) is 14.3. The fraction of sp³-hybridized carbons (Fsp3) is 0.471. The van der Waals surface area contributed by atoms with Gasteiger partial charge < -0.3 is 15.2 Å². The van der Waals surface area contributed by atoms with E-state index in [0.29, 0.717) is 5.56 Å². The maximum atomic E-state index is 12.2. The third-order valence-electron chi connectivity index (χ3n) is 4.44. The quantitative estimate of drug-likeness (QED) is 0.787. The van der Waals surface area contributed by atoms with Crippen molar-refractivity contribution in [2.24, 2.45) is 10.7 Å². The summed E-state index contributed by atoms with van der Waals surface area (Å²) >= 11 is 0. The van der Waals surface area contributed by atoms with Crippen molar-refractivity contribution in [3.05, 3.63) is 35.4 Å². The zero-order chi connectivity index (χ0) is 18.0. The summed E-state index contributed by atoms with van der Waals surface area (Å²) in [6, 6.07) is 7.31. The summed E-state index contributed by atoms with van der Waals surface area (Å²) < 4.78 is 11.3. The van der Waals surface area contributed by atoms with Crippen molar-refractivity contribution in [2.45, 2.75) is 38.3 Å². The van der Waals surface area contributed by atoms with E-state index in [4.69, 9.17) is 15.2 Å². The number of nitrogens with zero attached hydrogens (tertiary/aromatic N) is 3. The Hall–Kier alpha value is -2.45. The molecule has 0 bridgehead atoms. The highest BCUT2D eigenvalue weighted by Gasteiger charge is 2.37. The van der Waals surface area contributed by atoms with Crippen LogP contribution in [0, 0.1) is 6.92 Å². The standard InChI is InChI=1S/C17H22N4O4/c1-11-5-3-4-6-13(11)17(23)24-9-12-7-8-14(25-12)21-10-19-16(15(18)22)20(21)2/h3-6,10,12,14,16H,7-9H2,1-2H3,(H2,18,22)/t12-,14+,16-/m0/s1. The minimum absolute atomic E-state index is 0.188. The molecular weight excluding hydrogens is 324 g/mol. The first-order chi connectivity index (χ1) is 12.0. The summed E-state index contributed by atoms with van der Waals surface area (Å²) in [4.78, 5) is 27.6. The molecule has 3 atom stereocenters. The second kappa shape index (κ2) is 7.20. The van der Waals surface area contributed by atoms with Crippen molar-refractivity contribution < 1.29 is 19.1 Å². The number of likely N-dealkylation sites (N-methyl/N-ethyl adjacent to an activating group) is 1. The number of benzene rings is 1. The molecule has 8 nitrogen and oxygen atoms in total. The van der Waals surface area contributed by atoms with Gasteiger partial charge in [-0.05, 0) is 31.4 Å². The lowest BCUT2D eigenvalue weighted by molar-refractivity contribution is -0.137. The summed E-state index contributed by atoms with van der Waals surface area (Å²) in [6.45, 7) is 2.06. The molecule has 8 heteroatoms. The number of aliphatic imine (C=N–C) groups is 1. The minimum Gasteiger partial charge on any atom is -0.459 e. The van der Waals surface area contributed by atoms with Crippen LogP contribution in [0.5, 0.6) is 0 Å². The molecule has 134 valence electrons. The smallest absolute Gasteiger partial charge is 0.338 e. The molecule has 1 aromatic rings. The molecule has 1 saturated heterocycles. The third kappa shape index (κ3) is 3.64. The number of nitrogens with two attached hydrogens (primary N) is 1. The highest BCUT2D eigenvalue weighted by atomic mass is 16.6. The van der Waals surface area contributed by atoms with Gasteiger partial charge in [0.25, 0.3) is 5.91 Å². The number of primary amides is 1. The topological polar surface area (TPSA) is 97.5 Å². The minimum atomic E-state index is -0.707. The van der Waals surface area contributed by atoms with Crippen molar-refractivity contribution in [2.75, 3.05) is 13.7 Å². The monoisotopic (exact) mass is 346 g/mol. The maximum absolute atomic E-state index is 12.2. The lowest BCUT2D eigenvalue weighted by Crippen LogP contribution is -2.49. The van der Waals surface area contributed by atoms with E-state index in [-0.39, 0.29) is 24.9 Å². The number of esters is 1. The molecule has 2 heterocycles. The van der Waals surface area contributed by atoms with Crippen molar-refractivity contribution in [3.8, 4) is 0 Å². The molecule has 2 aliphatic rings. The Bertz CT molecular complexity index is 693. The average molecular weight is 346 g/mol. The van der Waals surface area contributed by atoms with E-state index in [1.54, 1.807) is 29.5 Å². The fourth-order valence-corrected chi connectivity index (χ4v) is 3.02. The van der Waals surface area contributed by atoms with Gasteiger partial charge in [0.2, 0.25) is 0 Å². The number of aryl methyl sites for hydroxylation is 1. The molecule has 1 amide bonds. The summed E-state index contributed by atoms with van der Waals surface area (Å²) in [5, 5.41) is 3.40. The molecule has 0 saturated carbocycles. The van der Waals surface area contributed by atoms with Crippen molar-refractivity contribution in [3.63, 3.8) is 0 Å². The van der Waals surface area contributed by atoms with Gasteiger partial charge >= 0.3 is 5.97 Å². The Morgan fingerprint density at radius 3 is 2.80 bits per heavy atom. The van der Waals surface area contributed by atoms with Gasteiger partial charge in [0, 0.05) is 7.05 Å². The molecular formula is C17H22N4O4. The van der Waals surface area contributed by atoms with E-state index in [9.17, 15) is 9.59 Å². The zero-order valence-corrected chi connectivity index (χ0v) is 14.3.